The van der Waals surface area contributed by atoms with Gasteiger partial charge in [0.25, 0.3) is 0 Å². The van der Waals surface area contributed by atoms with Crippen LogP contribution in [0.2, 0.25) is 0 Å². The molecule has 130 valence electrons. The van der Waals surface area contributed by atoms with Crippen molar-refractivity contribution in [3.8, 4) is 0 Å². The summed E-state index contributed by atoms with van der Waals surface area (Å²) in [7, 11) is 0. The zero-order valence-corrected chi connectivity index (χ0v) is 15.0. The molecule has 4 aliphatic rings. The second-order valence-corrected chi connectivity index (χ2v) is 9.43. The van der Waals surface area contributed by atoms with Gasteiger partial charge in [-0.1, -0.05) is 0 Å². The van der Waals surface area contributed by atoms with Gasteiger partial charge in [0.2, 0.25) is 11.8 Å². The largest absolute Gasteiger partial charge is 0.347 e. The number of aromatic nitrogens is 1. The Labute approximate surface area is 146 Å². The first-order chi connectivity index (χ1) is 11.5. The lowest BCUT2D eigenvalue weighted by molar-refractivity contribution is -0.131. The van der Waals surface area contributed by atoms with Crippen LogP contribution in [0.15, 0.2) is 6.20 Å². The molecule has 4 aliphatic carbocycles. The minimum Gasteiger partial charge on any atom is -0.347 e. The van der Waals surface area contributed by atoms with E-state index in [-0.39, 0.29) is 23.8 Å². The number of nitrogens with one attached hydrogen (secondary N) is 2. The molecule has 6 heteroatoms. The summed E-state index contributed by atoms with van der Waals surface area (Å²) in [6, 6.07) is 0. The van der Waals surface area contributed by atoms with Crippen LogP contribution in [0.3, 0.4) is 0 Å². The molecular weight excluding hydrogens is 322 g/mol. The Bertz CT molecular complexity index is 619. The number of hydrogen-bond donors (Lipinski definition) is 2. The second-order valence-electron chi connectivity index (χ2n) is 8.20. The number of carbonyl (C=O) groups excluding carboxylic acids is 2. The highest BCUT2D eigenvalue weighted by atomic mass is 32.1. The molecule has 1 aromatic heterocycles. The Hall–Kier alpha value is -1.43. The van der Waals surface area contributed by atoms with E-state index in [1.165, 1.54) is 49.9 Å². The molecule has 4 fully saturated rings. The topological polar surface area (TPSA) is 71.1 Å². The summed E-state index contributed by atoms with van der Waals surface area (Å²) in [5.41, 5.74) is 0.224. The summed E-state index contributed by atoms with van der Waals surface area (Å²) in [5, 5.41) is 6.13. The van der Waals surface area contributed by atoms with Crippen molar-refractivity contribution in [2.24, 2.45) is 23.2 Å². The van der Waals surface area contributed by atoms with Crippen LogP contribution in [0.5, 0.6) is 0 Å². The smallest absolute Gasteiger partial charge is 0.245 e. The lowest BCUT2D eigenvalue weighted by Gasteiger charge is -2.56. The van der Waals surface area contributed by atoms with Crippen molar-refractivity contribution in [1.29, 1.82) is 0 Å². The normalized spacial score (nSPS) is 33.5. The van der Waals surface area contributed by atoms with E-state index in [9.17, 15) is 9.59 Å². The van der Waals surface area contributed by atoms with Crippen molar-refractivity contribution in [3.63, 3.8) is 0 Å². The predicted molar refractivity (Wildman–Crippen MR) is 93.7 cm³/mol. The number of anilines is 1. The molecule has 0 spiro atoms. The van der Waals surface area contributed by atoms with Crippen LogP contribution < -0.4 is 10.6 Å². The van der Waals surface area contributed by atoms with E-state index in [2.05, 4.69) is 15.6 Å². The molecule has 0 aliphatic heterocycles. The molecule has 0 saturated heterocycles. The van der Waals surface area contributed by atoms with Crippen molar-refractivity contribution in [2.45, 2.75) is 51.9 Å². The van der Waals surface area contributed by atoms with Gasteiger partial charge in [0.05, 0.1) is 6.54 Å². The number of hydrogen-bond acceptors (Lipinski definition) is 4. The first kappa shape index (κ1) is 16.1. The van der Waals surface area contributed by atoms with Gasteiger partial charge in [-0.3, -0.25) is 9.59 Å². The van der Waals surface area contributed by atoms with E-state index in [4.69, 9.17) is 0 Å². The van der Waals surface area contributed by atoms with Gasteiger partial charge >= 0.3 is 0 Å². The molecule has 1 aromatic rings. The molecule has 5 nitrogen and oxygen atoms in total. The SMILES string of the molecule is Cc1cnc(NC(=O)CNC(=O)CC23CC4CC(CC(C4)C2)C3)s1. The Kier molecular flexibility index (Phi) is 4.11. The summed E-state index contributed by atoms with van der Waals surface area (Å²) >= 11 is 1.44. The van der Waals surface area contributed by atoms with E-state index in [0.717, 1.165) is 22.6 Å². The van der Waals surface area contributed by atoms with Gasteiger partial charge in [0.1, 0.15) is 0 Å². The fourth-order valence-electron chi connectivity index (χ4n) is 5.66. The molecule has 0 radical (unpaired) electrons. The van der Waals surface area contributed by atoms with Crippen molar-refractivity contribution in [2.75, 3.05) is 11.9 Å². The van der Waals surface area contributed by atoms with Crippen LogP contribution in [0.25, 0.3) is 0 Å². The molecule has 2 amide bonds. The molecule has 5 rings (SSSR count). The number of aryl methyl sites for hydroxylation is 1. The molecule has 0 atom stereocenters. The van der Waals surface area contributed by atoms with Crippen LogP contribution in [0, 0.1) is 30.1 Å². The van der Waals surface area contributed by atoms with E-state index < -0.39 is 0 Å². The third-order valence-electron chi connectivity index (χ3n) is 6.01. The minimum absolute atomic E-state index is 0.0300. The number of nitrogens with zero attached hydrogens (tertiary/aromatic N) is 1. The van der Waals surface area contributed by atoms with Gasteiger partial charge in [-0.15, -0.1) is 11.3 Å². The lowest BCUT2D eigenvalue weighted by atomic mass is 9.49. The molecule has 2 N–H and O–H groups in total. The average molecular weight is 347 g/mol. The quantitative estimate of drug-likeness (QED) is 0.860. The highest BCUT2D eigenvalue weighted by molar-refractivity contribution is 7.15. The Morgan fingerprint density at radius 1 is 1.17 bits per heavy atom. The summed E-state index contributed by atoms with van der Waals surface area (Å²) in [6.07, 6.45) is 10.1. The van der Waals surface area contributed by atoms with E-state index in [1.54, 1.807) is 6.20 Å². The molecular formula is C18H25N3O2S. The zero-order chi connectivity index (χ0) is 16.7. The number of carbonyl (C=O) groups is 2. The van der Waals surface area contributed by atoms with Crippen LogP contribution in [0.1, 0.15) is 49.8 Å². The van der Waals surface area contributed by atoms with Gasteiger partial charge in [-0.25, -0.2) is 4.98 Å². The van der Waals surface area contributed by atoms with Crippen molar-refractivity contribution >= 4 is 28.3 Å². The predicted octanol–water partition coefficient (Wildman–Crippen LogP) is 3.11. The summed E-state index contributed by atoms with van der Waals surface area (Å²) in [5.74, 6) is 2.37. The molecule has 24 heavy (non-hydrogen) atoms. The van der Waals surface area contributed by atoms with E-state index >= 15 is 0 Å². The van der Waals surface area contributed by atoms with E-state index in [1.807, 2.05) is 6.92 Å². The van der Waals surface area contributed by atoms with Gasteiger partial charge in [0, 0.05) is 17.5 Å². The minimum atomic E-state index is -0.205. The highest BCUT2D eigenvalue weighted by Crippen LogP contribution is 2.61. The van der Waals surface area contributed by atoms with Gasteiger partial charge < -0.3 is 10.6 Å². The van der Waals surface area contributed by atoms with Crippen LogP contribution in [0.4, 0.5) is 5.13 Å². The standard InChI is InChI=1S/C18H25N3O2S/c1-11-9-20-17(24-11)21-16(23)10-19-15(22)8-18-5-12-2-13(6-18)4-14(3-12)7-18/h9,12-14H,2-8,10H2,1H3,(H,19,22)(H,20,21,23). The summed E-state index contributed by atoms with van der Waals surface area (Å²) < 4.78 is 0. The van der Waals surface area contributed by atoms with Crippen LogP contribution in [-0.4, -0.2) is 23.3 Å². The Morgan fingerprint density at radius 2 is 1.79 bits per heavy atom. The van der Waals surface area contributed by atoms with Crippen molar-refractivity contribution in [1.82, 2.24) is 10.3 Å². The Morgan fingerprint density at radius 3 is 2.33 bits per heavy atom. The summed E-state index contributed by atoms with van der Waals surface area (Å²) in [4.78, 5) is 29.5. The van der Waals surface area contributed by atoms with E-state index in [0.29, 0.717) is 11.6 Å². The maximum absolute atomic E-state index is 12.4. The molecule has 0 aromatic carbocycles. The molecule has 4 bridgehead atoms. The lowest BCUT2D eigenvalue weighted by Crippen LogP contribution is -2.48. The highest BCUT2D eigenvalue weighted by Gasteiger charge is 2.51. The molecule has 0 unspecified atom stereocenters. The number of thiazole rings is 1. The maximum Gasteiger partial charge on any atom is 0.245 e. The third-order valence-corrected chi connectivity index (χ3v) is 6.84. The summed E-state index contributed by atoms with van der Waals surface area (Å²) in [6.45, 7) is 1.98. The number of rotatable bonds is 5. The molecule has 1 heterocycles. The van der Waals surface area contributed by atoms with Gasteiger partial charge in [0.15, 0.2) is 5.13 Å². The Balaban J connectivity index is 1.27. The third kappa shape index (κ3) is 3.34. The molecule has 4 saturated carbocycles. The first-order valence-corrected chi connectivity index (χ1v) is 9.80. The maximum atomic E-state index is 12.4. The fraction of sp³-hybridized carbons (Fsp3) is 0.722. The average Bonchev–Trinajstić information content (AvgIpc) is 2.88. The van der Waals surface area contributed by atoms with Crippen LogP contribution in [-0.2, 0) is 9.59 Å². The van der Waals surface area contributed by atoms with Crippen molar-refractivity contribution < 1.29 is 9.59 Å². The fourth-order valence-corrected chi connectivity index (χ4v) is 6.35. The van der Waals surface area contributed by atoms with Crippen LogP contribution >= 0.6 is 11.3 Å². The van der Waals surface area contributed by atoms with Gasteiger partial charge in [-0.2, -0.15) is 0 Å². The van der Waals surface area contributed by atoms with Gasteiger partial charge in [-0.05, 0) is 68.6 Å². The second kappa shape index (κ2) is 6.14. The first-order valence-electron chi connectivity index (χ1n) is 8.99. The number of amides is 2. The monoisotopic (exact) mass is 347 g/mol. The zero-order valence-electron chi connectivity index (χ0n) is 14.1. The van der Waals surface area contributed by atoms with Crippen molar-refractivity contribution in [3.05, 3.63) is 11.1 Å².